The van der Waals surface area contributed by atoms with Crippen molar-refractivity contribution >= 4 is 45.0 Å². The number of carbonyl (C=O) groups is 1. The van der Waals surface area contributed by atoms with Crippen molar-refractivity contribution in [1.29, 1.82) is 0 Å². The van der Waals surface area contributed by atoms with Crippen LogP contribution >= 0.6 is 23.4 Å². The van der Waals surface area contributed by atoms with Gasteiger partial charge in [-0.25, -0.2) is 8.42 Å². The summed E-state index contributed by atoms with van der Waals surface area (Å²) in [6.45, 7) is 1.66. The summed E-state index contributed by atoms with van der Waals surface area (Å²) >= 11 is 7.65. The number of amides is 1. The molecule has 0 fully saturated rings. The first-order valence-electron chi connectivity index (χ1n) is 9.62. The van der Waals surface area contributed by atoms with E-state index in [0.29, 0.717) is 23.3 Å². The topological polar surface area (TPSA) is 66.5 Å². The van der Waals surface area contributed by atoms with Crippen molar-refractivity contribution < 1.29 is 26.4 Å². The molecule has 176 valence electrons. The SMILES string of the molecule is Cc1ccc(CSCCCNC(=O)CN(c2cc(C(F)(F)F)ccc2Cl)S(C)(=O)=O)cc1. The van der Waals surface area contributed by atoms with Crippen LogP contribution in [0.25, 0.3) is 0 Å². The van der Waals surface area contributed by atoms with Crippen LogP contribution in [-0.4, -0.2) is 39.4 Å². The number of thioether (sulfide) groups is 1. The minimum Gasteiger partial charge on any atom is -0.354 e. The van der Waals surface area contributed by atoms with E-state index in [4.69, 9.17) is 11.6 Å². The van der Waals surface area contributed by atoms with Crippen molar-refractivity contribution in [2.75, 3.05) is 29.4 Å². The van der Waals surface area contributed by atoms with Crippen LogP contribution < -0.4 is 9.62 Å². The largest absolute Gasteiger partial charge is 0.416 e. The van der Waals surface area contributed by atoms with Gasteiger partial charge in [-0.05, 0) is 42.9 Å². The van der Waals surface area contributed by atoms with E-state index in [2.05, 4.69) is 17.4 Å². The number of hydrogen-bond acceptors (Lipinski definition) is 4. The van der Waals surface area contributed by atoms with Crippen LogP contribution in [0, 0.1) is 6.92 Å². The van der Waals surface area contributed by atoms with Crippen molar-refractivity contribution in [3.63, 3.8) is 0 Å². The van der Waals surface area contributed by atoms with Crippen LogP contribution in [0.1, 0.15) is 23.1 Å². The lowest BCUT2D eigenvalue weighted by Crippen LogP contribution is -2.41. The van der Waals surface area contributed by atoms with Gasteiger partial charge in [0, 0.05) is 12.3 Å². The molecular weight excluding hydrogens is 485 g/mol. The molecule has 0 unspecified atom stereocenters. The summed E-state index contributed by atoms with van der Waals surface area (Å²) in [6, 6.07) is 10.5. The first-order chi connectivity index (χ1) is 14.9. The fourth-order valence-electron chi connectivity index (χ4n) is 2.72. The predicted molar refractivity (Wildman–Crippen MR) is 124 cm³/mol. The molecule has 0 heterocycles. The van der Waals surface area contributed by atoms with Crippen molar-refractivity contribution in [2.45, 2.75) is 25.3 Å². The number of sulfonamides is 1. The number of nitrogens with zero attached hydrogens (tertiary/aromatic N) is 1. The molecule has 5 nitrogen and oxygen atoms in total. The summed E-state index contributed by atoms with van der Waals surface area (Å²) in [6.07, 6.45) is -3.22. The van der Waals surface area contributed by atoms with Crippen LogP contribution in [0.15, 0.2) is 42.5 Å². The van der Waals surface area contributed by atoms with Crippen LogP contribution in [0.5, 0.6) is 0 Å². The number of anilines is 1. The Balaban J connectivity index is 1.90. The normalized spacial score (nSPS) is 11.9. The summed E-state index contributed by atoms with van der Waals surface area (Å²) in [4.78, 5) is 12.3. The number of halogens is 4. The van der Waals surface area contributed by atoms with Gasteiger partial charge in [-0.2, -0.15) is 24.9 Å². The van der Waals surface area contributed by atoms with Gasteiger partial charge in [0.15, 0.2) is 0 Å². The Kier molecular flexibility index (Phi) is 9.29. The van der Waals surface area contributed by atoms with Gasteiger partial charge < -0.3 is 5.32 Å². The van der Waals surface area contributed by atoms with Gasteiger partial charge in [0.25, 0.3) is 0 Å². The van der Waals surface area contributed by atoms with E-state index in [1.165, 1.54) is 11.1 Å². The molecule has 0 spiro atoms. The standard InChI is InChI=1S/C21H24ClF3N2O3S2/c1-15-4-6-16(7-5-15)14-31-11-3-10-26-20(28)13-27(32(2,29)30)19-12-17(21(23,24)25)8-9-18(19)22/h4-9,12H,3,10-11,13-14H2,1-2H3,(H,26,28). The molecule has 11 heteroatoms. The Bertz CT molecular complexity index is 1030. The molecular formula is C21H24ClF3N2O3S2. The molecule has 0 bridgehead atoms. The third-order valence-electron chi connectivity index (χ3n) is 4.41. The maximum atomic E-state index is 13.0. The van der Waals surface area contributed by atoms with Gasteiger partial charge in [0.1, 0.15) is 6.54 Å². The quantitative estimate of drug-likeness (QED) is 0.465. The zero-order valence-electron chi connectivity index (χ0n) is 17.6. The van der Waals surface area contributed by atoms with Crippen LogP contribution in [-0.2, 0) is 26.7 Å². The van der Waals surface area contributed by atoms with E-state index in [0.717, 1.165) is 29.9 Å². The van der Waals surface area contributed by atoms with Gasteiger partial charge in [-0.15, -0.1) is 0 Å². The molecule has 1 amide bonds. The Morgan fingerprint density at radius 2 is 1.81 bits per heavy atom. The first kappa shape index (κ1) is 26.3. The van der Waals surface area contributed by atoms with Crippen molar-refractivity contribution in [3.05, 3.63) is 64.2 Å². The lowest BCUT2D eigenvalue weighted by molar-refractivity contribution is -0.137. The molecule has 2 aromatic carbocycles. The van der Waals surface area contributed by atoms with Gasteiger partial charge in [-0.3, -0.25) is 9.10 Å². The van der Waals surface area contributed by atoms with E-state index >= 15 is 0 Å². The fraction of sp³-hybridized carbons (Fsp3) is 0.381. The van der Waals surface area contributed by atoms with Crippen molar-refractivity contribution in [2.24, 2.45) is 0 Å². The highest BCUT2D eigenvalue weighted by atomic mass is 35.5. The van der Waals surface area contributed by atoms with E-state index in [-0.39, 0.29) is 5.02 Å². The van der Waals surface area contributed by atoms with E-state index in [1.807, 2.05) is 19.1 Å². The monoisotopic (exact) mass is 508 g/mol. The lowest BCUT2D eigenvalue weighted by atomic mass is 10.2. The molecule has 0 saturated heterocycles. The minimum atomic E-state index is -4.68. The molecule has 0 aliphatic carbocycles. The molecule has 0 radical (unpaired) electrons. The average molecular weight is 509 g/mol. The third kappa shape index (κ3) is 8.22. The number of benzene rings is 2. The van der Waals surface area contributed by atoms with Crippen LogP contribution in [0.4, 0.5) is 18.9 Å². The Morgan fingerprint density at radius 1 is 1.16 bits per heavy atom. The molecule has 0 saturated carbocycles. The molecule has 2 aromatic rings. The summed E-state index contributed by atoms with van der Waals surface area (Å²) < 4.78 is 64.0. The van der Waals surface area contributed by atoms with Gasteiger partial charge in [0.05, 0.1) is 22.5 Å². The molecule has 0 aromatic heterocycles. The van der Waals surface area contributed by atoms with Crippen molar-refractivity contribution in [1.82, 2.24) is 5.32 Å². The summed E-state index contributed by atoms with van der Waals surface area (Å²) in [7, 11) is -4.05. The summed E-state index contributed by atoms with van der Waals surface area (Å²) in [5, 5.41) is 2.40. The lowest BCUT2D eigenvalue weighted by Gasteiger charge is -2.24. The second kappa shape index (κ2) is 11.3. The van der Waals surface area contributed by atoms with Crippen LogP contribution in [0.3, 0.4) is 0 Å². The Hall–Kier alpha value is -1.91. The molecule has 0 atom stereocenters. The highest BCUT2D eigenvalue weighted by Gasteiger charge is 2.33. The number of rotatable bonds is 10. The maximum absolute atomic E-state index is 13.0. The smallest absolute Gasteiger partial charge is 0.354 e. The number of carbonyl (C=O) groups excluding carboxylic acids is 1. The summed E-state index contributed by atoms with van der Waals surface area (Å²) in [5.74, 6) is 0.987. The number of aryl methyl sites for hydroxylation is 1. The van der Waals surface area contributed by atoms with Crippen molar-refractivity contribution in [3.8, 4) is 0 Å². The van der Waals surface area contributed by atoms with E-state index in [1.54, 1.807) is 11.8 Å². The van der Waals surface area contributed by atoms with E-state index in [9.17, 15) is 26.4 Å². The highest BCUT2D eigenvalue weighted by Crippen LogP contribution is 2.36. The van der Waals surface area contributed by atoms with Gasteiger partial charge >= 0.3 is 6.18 Å². The highest BCUT2D eigenvalue weighted by molar-refractivity contribution is 7.98. The number of hydrogen-bond donors (Lipinski definition) is 1. The molecule has 0 aliphatic rings. The molecule has 32 heavy (non-hydrogen) atoms. The van der Waals surface area contributed by atoms with Crippen LogP contribution in [0.2, 0.25) is 5.02 Å². The summed E-state index contributed by atoms with van der Waals surface area (Å²) in [5.41, 5.74) is 0.937. The fourth-order valence-corrected chi connectivity index (χ4v) is 4.77. The molecule has 1 N–H and O–H groups in total. The third-order valence-corrected chi connectivity index (χ3v) is 6.97. The van der Waals surface area contributed by atoms with Gasteiger partial charge in [-0.1, -0.05) is 41.4 Å². The average Bonchev–Trinajstić information content (AvgIpc) is 2.69. The molecule has 0 aliphatic heterocycles. The second-order valence-corrected chi connectivity index (χ2v) is 10.6. The zero-order valence-corrected chi connectivity index (χ0v) is 20.0. The second-order valence-electron chi connectivity index (χ2n) is 7.18. The minimum absolute atomic E-state index is 0.205. The first-order valence-corrected chi connectivity index (χ1v) is 13.0. The van der Waals surface area contributed by atoms with E-state index < -0.39 is 39.9 Å². The number of nitrogens with one attached hydrogen (secondary N) is 1. The molecule has 2 rings (SSSR count). The zero-order chi connectivity index (χ0) is 23.9. The van der Waals surface area contributed by atoms with Gasteiger partial charge in [0.2, 0.25) is 15.9 Å². The number of alkyl halides is 3. The Labute approximate surface area is 195 Å². The predicted octanol–water partition coefficient (Wildman–Crippen LogP) is 4.87. The Morgan fingerprint density at radius 3 is 2.41 bits per heavy atom. The maximum Gasteiger partial charge on any atom is 0.416 e.